The van der Waals surface area contributed by atoms with Crippen LogP contribution in [0.5, 0.6) is 0 Å². The van der Waals surface area contributed by atoms with Crippen molar-refractivity contribution in [2.24, 2.45) is 0 Å². The Morgan fingerprint density at radius 2 is 2.07 bits per heavy atom. The Morgan fingerprint density at radius 3 is 2.79 bits per heavy atom. The Kier molecular flexibility index (Phi) is 6.81. The fourth-order valence-corrected chi connectivity index (χ4v) is 3.86. The van der Waals surface area contributed by atoms with Crippen LogP contribution in [-0.4, -0.2) is 36.5 Å². The molecular formula is C21H16N3O3SY-. The topological polar surface area (TPSA) is 73.6 Å². The number of urea groups is 1. The molecule has 1 unspecified atom stereocenters. The second-order valence-electron chi connectivity index (χ2n) is 6.42. The summed E-state index contributed by atoms with van der Waals surface area (Å²) in [5.74, 6) is -0.298. The number of carbonyl (C=O) groups is 2. The van der Waals surface area contributed by atoms with Gasteiger partial charge in [-0.25, -0.2) is 4.79 Å². The molecule has 1 aliphatic heterocycles. The molecular weight excluding hydrogens is 463 g/mol. The molecule has 1 aliphatic rings. The largest absolute Gasteiger partial charge is 0.387 e. The molecule has 0 spiro atoms. The maximum absolute atomic E-state index is 12.7. The first-order valence-electron chi connectivity index (χ1n) is 8.66. The number of likely N-dealkylation sites (N-methyl/N-ethyl adjacent to an activating group) is 1. The van der Waals surface area contributed by atoms with E-state index in [0.29, 0.717) is 17.9 Å². The van der Waals surface area contributed by atoms with Gasteiger partial charge in [-0.3, -0.25) is 25.9 Å². The van der Waals surface area contributed by atoms with Gasteiger partial charge >= 0.3 is 6.03 Å². The number of hydrogen-bond acceptors (Lipinski definition) is 5. The standard InChI is InChI=1S/C21H16N3O3S.Y/c1-23-20(25)19(13-27-12-17-6-3-9-28-17)24(21(23)26)16-7-8-18-14(10-16)4-2-5-15(18)11-22;/h2-8,10,19H,12-13H2,1H3;/q-1;. The molecule has 4 rings (SSSR count). The van der Waals surface area contributed by atoms with Crippen molar-refractivity contribution in [1.29, 1.82) is 5.26 Å². The number of nitrogens with zero attached hydrogens (tertiary/aromatic N) is 3. The summed E-state index contributed by atoms with van der Waals surface area (Å²) in [5.41, 5.74) is 1.17. The number of anilines is 1. The van der Waals surface area contributed by atoms with E-state index in [1.165, 1.54) is 23.3 Å². The summed E-state index contributed by atoms with van der Waals surface area (Å²) in [6, 6.07) is 15.6. The molecule has 143 valence electrons. The molecule has 1 aromatic heterocycles. The summed E-state index contributed by atoms with van der Waals surface area (Å²) < 4.78 is 5.71. The Balaban J connectivity index is 0.00000240. The van der Waals surface area contributed by atoms with Crippen molar-refractivity contribution in [3.05, 3.63) is 64.4 Å². The van der Waals surface area contributed by atoms with E-state index in [1.807, 2.05) is 24.3 Å². The molecule has 3 aromatic rings. The number of fused-ring (bicyclic) bond motifs is 1. The van der Waals surface area contributed by atoms with Crippen molar-refractivity contribution < 1.29 is 47.0 Å². The number of hydrogen-bond donors (Lipinski definition) is 0. The van der Waals surface area contributed by atoms with Crippen molar-refractivity contribution >= 4 is 39.7 Å². The summed E-state index contributed by atoms with van der Waals surface area (Å²) in [5, 5.41) is 13.9. The molecule has 1 radical (unpaired) electrons. The van der Waals surface area contributed by atoms with Crippen molar-refractivity contribution in [3.8, 4) is 6.07 Å². The monoisotopic (exact) mass is 479 g/mol. The Morgan fingerprint density at radius 1 is 1.24 bits per heavy atom. The number of nitriles is 1. The summed E-state index contributed by atoms with van der Waals surface area (Å²) in [6.45, 7) is 0.468. The molecule has 2 heterocycles. The Labute approximate surface area is 197 Å². The molecule has 1 saturated heterocycles. The number of amides is 3. The van der Waals surface area contributed by atoms with Crippen LogP contribution in [0.2, 0.25) is 0 Å². The smallest absolute Gasteiger partial charge is 0.331 e. The molecule has 0 bridgehead atoms. The molecule has 0 aliphatic carbocycles. The molecule has 8 heteroatoms. The first-order chi connectivity index (χ1) is 13.6. The summed E-state index contributed by atoms with van der Waals surface area (Å²) >= 11 is 1.46. The van der Waals surface area contributed by atoms with Gasteiger partial charge in [0, 0.05) is 52.1 Å². The maximum Gasteiger partial charge on any atom is 0.331 e. The second-order valence-corrected chi connectivity index (χ2v) is 7.39. The summed E-state index contributed by atoms with van der Waals surface area (Å²) in [7, 11) is 1.47. The summed E-state index contributed by atoms with van der Waals surface area (Å²) in [6.07, 6.45) is 0. The SMILES string of the molecule is CN1C(=O)C(COCc2cc[c-]s2)N(c2ccc3c(C#N)cccc3c2)C1=O.[Y]. The molecule has 1 atom stereocenters. The van der Waals surface area contributed by atoms with E-state index in [-0.39, 0.29) is 51.3 Å². The predicted octanol–water partition coefficient (Wildman–Crippen LogP) is 3.55. The zero-order valence-electron chi connectivity index (χ0n) is 15.7. The van der Waals surface area contributed by atoms with Gasteiger partial charge in [-0.05, 0) is 29.0 Å². The van der Waals surface area contributed by atoms with E-state index in [2.05, 4.69) is 11.4 Å². The van der Waals surface area contributed by atoms with E-state index in [1.54, 1.807) is 24.3 Å². The van der Waals surface area contributed by atoms with Crippen molar-refractivity contribution in [2.75, 3.05) is 18.6 Å². The number of carbonyl (C=O) groups excluding carboxylic acids is 2. The van der Waals surface area contributed by atoms with Gasteiger partial charge in [0.15, 0.2) is 0 Å². The average Bonchev–Trinajstić information content (AvgIpc) is 3.30. The fraction of sp³-hybridized carbons (Fsp3) is 0.190. The number of ether oxygens (including phenoxy) is 1. The molecule has 2 aromatic carbocycles. The Hall–Kier alpha value is -2.11. The molecule has 0 N–H and O–H groups in total. The maximum atomic E-state index is 12.7. The molecule has 3 amide bonds. The number of benzene rings is 2. The van der Waals surface area contributed by atoms with Crippen LogP contribution in [0, 0.1) is 16.7 Å². The van der Waals surface area contributed by atoms with Gasteiger partial charge in [0.25, 0.3) is 5.91 Å². The van der Waals surface area contributed by atoms with E-state index < -0.39 is 6.04 Å². The van der Waals surface area contributed by atoms with Gasteiger partial charge in [-0.1, -0.05) is 18.2 Å². The predicted molar refractivity (Wildman–Crippen MR) is 106 cm³/mol. The number of imide groups is 1. The van der Waals surface area contributed by atoms with Crippen LogP contribution >= 0.6 is 11.3 Å². The van der Waals surface area contributed by atoms with Crippen molar-refractivity contribution in [1.82, 2.24) is 4.90 Å². The van der Waals surface area contributed by atoms with Crippen LogP contribution in [0.1, 0.15) is 10.4 Å². The minimum atomic E-state index is -0.724. The van der Waals surface area contributed by atoms with E-state index in [9.17, 15) is 14.9 Å². The van der Waals surface area contributed by atoms with Crippen molar-refractivity contribution in [2.45, 2.75) is 12.6 Å². The van der Waals surface area contributed by atoms with Crippen LogP contribution in [0.4, 0.5) is 10.5 Å². The second kappa shape index (κ2) is 9.14. The van der Waals surface area contributed by atoms with E-state index in [4.69, 9.17) is 4.74 Å². The molecule has 6 nitrogen and oxygen atoms in total. The molecule has 1 fully saturated rings. The Bertz CT molecular complexity index is 1090. The number of thiophene rings is 1. The zero-order valence-corrected chi connectivity index (χ0v) is 19.3. The first kappa shape index (κ1) is 21.6. The minimum absolute atomic E-state index is 0. The van der Waals surface area contributed by atoms with Gasteiger partial charge in [0.05, 0.1) is 18.2 Å². The van der Waals surface area contributed by atoms with Gasteiger partial charge in [-0.2, -0.15) is 17.4 Å². The van der Waals surface area contributed by atoms with Crippen LogP contribution < -0.4 is 4.90 Å². The van der Waals surface area contributed by atoms with E-state index >= 15 is 0 Å². The van der Waals surface area contributed by atoms with Crippen molar-refractivity contribution in [3.63, 3.8) is 0 Å². The minimum Gasteiger partial charge on any atom is -0.387 e. The number of rotatable bonds is 5. The first-order valence-corrected chi connectivity index (χ1v) is 9.48. The molecule has 0 saturated carbocycles. The van der Waals surface area contributed by atoms with Crippen LogP contribution in [-0.2, 0) is 48.8 Å². The van der Waals surface area contributed by atoms with Crippen LogP contribution in [0.25, 0.3) is 10.8 Å². The normalized spacial score (nSPS) is 16.2. The van der Waals surface area contributed by atoms with Crippen LogP contribution in [0.15, 0.2) is 48.5 Å². The zero-order chi connectivity index (χ0) is 19.7. The third-order valence-corrected chi connectivity index (χ3v) is 5.50. The summed E-state index contributed by atoms with van der Waals surface area (Å²) in [4.78, 5) is 28.9. The van der Waals surface area contributed by atoms with Gasteiger partial charge in [-0.15, -0.1) is 10.3 Å². The quantitative estimate of drug-likeness (QED) is 0.415. The third kappa shape index (κ3) is 4.12. The average molecular weight is 479 g/mol. The van der Waals surface area contributed by atoms with Gasteiger partial charge in [0.1, 0.15) is 6.04 Å². The molecule has 29 heavy (non-hydrogen) atoms. The third-order valence-electron chi connectivity index (χ3n) is 4.73. The van der Waals surface area contributed by atoms with Gasteiger partial charge in [0.2, 0.25) is 0 Å². The van der Waals surface area contributed by atoms with E-state index in [0.717, 1.165) is 20.5 Å². The van der Waals surface area contributed by atoms with Crippen LogP contribution in [0.3, 0.4) is 0 Å². The fourth-order valence-electron chi connectivity index (χ4n) is 3.30. The van der Waals surface area contributed by atoms with Gasteiger partial charge < -0.3 is 4.74 Å².